The van der Waals surface area contributed by atoms with Crippen molar-refractivity contribution in [1.29, 1.82) is 0 Å². The van der Waals surface area contributed by atoms with Crippen LogP contribution in [-0.2, 0) is 0 Å². The minimum Gasteiger partial charge on any atom is -0.318 e. The van der Waals surface area contributed by atoms with Crippen LogP contribution in [0.15, 0.2) is 65.7 Å². The Morgan fingerprint density at radius 3 is 2.52 bits per heavy atom. The molecule has 4 aromatic rings. The molecule has 0 spiro atoms. The molecule has 3 nitrogen and oxygen atoms in total. The average molecular weight is 405 g/mol. The van der Waals surface area contributed by atoms with Crippen LogP contribution in [0.5, 0.6) is 0 Å². The molecule has 4 rings (SSSR count). The van der Waals surface area contributed by atoms with Gasteiger partial charge in [-0.1, -0.05) is 30.0 Å². The first-order valence-electron chi connectivity index (χ1n) is 9.41. The molecule has 5 heteroatoms. The van der Waals surface area contributed by atoms with E-state index in [1.54, 1.807) is 12.1 Å². The number of ketones is 1. The summed E-state index contributed by atoms with van der Waals surface area (Å²) < 4.78 is 15.2. The van der Waals surface area contributed by atoms with E-state index in [9.17, 15) is 9.18 Å². The molecule has 0 atom stereocenters. The molecule has 0 aliphatic heterocycles. The van der Waals surface area contributed by atoms with Crippen molar-refractivity contribution in [2.45, 2.75) is 25.8 Å². The summed E-state index contributed by atoms with van der Waals surface area (Å²) in [5.74, 6) is 0.101. The number of fused-ring (bicyclic) bond motifs is 1. The van der Waals surface area contributed by atoms with E-state index in [4.69, 9.17) is 0 Å². The molecule has 0 amide bonds. The van der Waals surface area contributed by atoms with Gasteiger partial charge in [0, 0.05) is 28.0 Å². The van der Waals surface area contributed by atoms with Gasteiger partial charge in [0.1, 0.15) is 5.82 Å². The maximum absolute atomic E-state index is 13.3. The third-order valence-electron chi connectivity index (χ3n) is 5.07. The van der Waals surface area contributed by atoms with Crippen molar-refractivity contribution >= 4 is 28.4 Å². The summed E-state index contributed by atoms with van der Waals surface area (Å²) in [5.41, 5.74) is 5.44. The minimum atomic E-state index is -0.276. The number of rotatable bonds is 5. The fourth-order valence-corrected chi connectivity index (χ4v) is 4.50. The van der Waals surface area contributed by atoms with Crippen LogP contribution in [0, 0.1) is 26.6 Å². The van der Waals surface area contributed by atoms with E-state index < -0.39 is 0 Å². The van der Waals surface area contributed by atoms with Gasteiger partial charge in [0.15, 0.2) is 5.78 Å². The summed E-state index contributed by atoms with van der Waals surface area (Å²) in [6.07, 6.45) is 0. The molecular formula is C24H21FN2OS. The second-order valence-electron chi connectivity index (χ2n) is 7.10. The smallest absolute Gasteiger partial charge is 0.174 e. The molecule has 0 saturated carbocycles. The number of aromatic nitrogens is 2. The first-order valence-corrected chi connectivity index (χ1v) is 10.4. The fourth-order valence-electron chi connectivity index (χ4n) is 3.64. The Morgan fingerprint density at radius 1 is 1.03 bits per heavy atom. The number of hydrogen-bond acceptors (Lipinski definition) is 3. The SMILES string of the molecule is Cc1cc(SCC(=O)c2cc(C)n(-c3ccc(F)cc3)c2C)nc2ccccc12. The number of aryl methyl sites for hydroxylation is 2. The number of carbonyl (C=O) groups is 1. The van der Waals surface area contributed by atoms with Crippen LogP contribution >= 0.6 is 11.8 Å². The zero-order valence-electron chi connectivity index (χ0n) is 16.6. The number of carbonyl (C=O) groups excluding carboxylic acids is 1. The number of hydrogen-bond donors (Lipinski definition) is 0. The molecule has 0 saturated heterocycles. The van der Waals surface area contributed by atoms with Crippen LogP contribution in [0.3, 0.4) is 0 Å². The third-order valence-corrected chi connectivity index (χ3v) is 5.98. The second kappa shape index (κ2) is 7.84. The topological polar surface area (TPSA) is 34.9 Å². The Bertz CT molecular complexity index is 1210. The van der Waals surface area contributed by atoms with Crippen LogP contribution in [0.1, 0.15) is 27.3 Å². The van der Waals surface area contributed by atoms with E-state index in [2.05, 4.69) is 18.0 Å². The molecule has 0 fully saturated rings. The Labute approximate surface area is 173 Å². The highest BCUT2D eigenvalue weighted by Gasteiger charge is 2.17. The van der Waals surface area contributed by atoms with Crippen molar-refractivity contribution in [2.24, 2.45) is 0 Å². The maximum atomic E-state index is 13.3. The molecule has 146 valence electrons. The number of Topliss-reactive ketones (excluding diaryl/α,β-unsaturated/α-hetero) is 1. The molecule has 29 heavy (non-hydrogen) atoms. The van der Waals surface area contributed by atoms with Gasteiger partial charge in [0.05, 0.1) is 16.3 Å². The third kappa shape index (κ3) is 3.83. The van der Waals surface area contributed by atoms with E-state index >= 15 is 0 Å². The Balaban J connectivity index is 1.56. The van der Waals surface area contributed by atoms with Gasteiger partial charge in [-0.15, -0.1) is 0 Å². The first kappa shape index (κ1) is 19.4. The number of halogens is 1. The van der Waals surface area contributed by atoms with Crippen molar-refractivity contribution in [3.8, 4) is 5.69 Å². The van der Waals surface area contributed by atoms with E-state index in [0.717, 1.165) is 38.6 Å². The molecular weight excluding hydrogens is 383 g/mol. The van der Waals surface area contributed by atoms with Gasteiger partial charge in [-0.25, -0.2) is 9.37 Å². The highest BCUT2D eigenvalue weighted by Crippen LogP contribution is 2.26. The number of benzene rings is 2. The predicted molar refractivity (Wildman–Crippen MR) is 117 cm³/mol. The zero-order valence-corrected chi connectivity index (χ0v) is 17.4. The summed E-state index contributed by atoms with van der Waals surface area (Å²) in [5, 5.41) is 1.98. The summed E-state index contributed by atoms with van der Waals surface area (Å²) in [4.78, 5) is 17.6. The lowest BCUT2D eigenvalue weighted by Crippen LogP contribution is -2.06. The lowest BCUT2D eigenvalue weighted by molar-refractivity contribution is 0.102. The molecule has 0 aliphatic carbocycles. The Kier molecular flexibility index (Phi) is 5.24. The minimum absolute atomic E-state index is 0.0593. The predicted octanol–water partition coefficient (Wildman–Crippen LogP) is 6.06. The summed E-state index contributed by atoms with van der Waals surface area (Å²) in [7, 11) is 0. The average Bonchev–Trinajstić information content (AvgIpc) is 3.01. The van der Waals surface area contributed by atoms with Crippen LogP contribution < -0.4 is 0 Å². The molecule has 2 aromatic carbocycles. The first-order chi connectivity index (χ1) is 13.9. The monoisotopic (exact) mass is 404 g/mol. The molecule has 2 heterocycles. The molecule has 0 bridgehead atoms. The van der Waals surface area contributed by atoms with E-state index in [0.29, 0.717) is 11.3 Å². The van der Waals surface area contributed by atoms with Crippen LogP contribution in [0.4, 0.5) is 4.39 Å². The Hall–Kier alpha value is -2.92. The highest BCUT2D eigenvalue weighted by atomic mass is 32.2. The van der Waals surface area contributed by atoms with Crippen molar-refractivity contribution in [2.75, 3.05) is 5.75 Å². The molecule has 2 aromatic heterocycles. The molecule has 0 unspecified atom stereocenters. The van der Waals surface area contributed by atoms with Crippen LogP contribution in [-0.4, -0.2) is 21.1 Å². The van der Waals surface area contributed by atoms with Gasteiger partial charge < -0.3 is 4.57 Å². The molecule has 0 aliphatic rings. The normalized spacial score (nSPS) is 11.2. The quantitative estimate of drug-likeness (QED) is 0.299. The number of pyridine rings is 1. The van der Waals surface area contributed by atoms with E-state index in [1.165, 1.54) is 23.9 Å². The van der Waals surface area contributed by atoms with Gasteiger partial charge >= 0.3 is 0 Å². The van der Waals surface area contributed by atoms with Gasteiger partial charge in [-0.3, -0.25) is 4.79 Å². The van der Waals surface area contributed by atoms with Crippen molar-refractivity contribution in [1.82, 2.24) is 9.55 Å². The summed E-state index contributed by atoms with van der Waals surface area (Å²) >= 11 is 1.45. The fraction of sp³-hybridized carbons (Fsp3) is 0.167. The van der Waals surface area contributed by atoms with E-state index in [-0.39, 0.29) is 11.6 Å². The zero-order chi connectivity index (χ0) is 20.5. The number of nitrogens with zero attached hydrogens (tertiary/aromatic N) is 2. The second-order valence-corrected chi connectivity index (χ2v) is 8.10. The van der Waals surface area contributed by atoms with Crippen molar-refractivity contribution in [3.05, 3.63) is 89.0 Å². The van der Waals surface area contributed by atoms with Gasteiger partial charge in [0.2, 0.25) is 0 Å². The van der Waals surface area contributed by atoms with Gasteiger partial charge in [-0.2, -0.15) is 0 Å². The Morgan fingerprint density at radius 2 is 1.76 bits per heavy atom. The van der Waals surface area contributed by atoms with Crippen molar-refractivity contribution < 1.29 is 9.18 Å². The number of thioether (sulfide) groups is 1. The summed E-state index contributed by atoms with van der Waals surface area (Å²) in [6, 6.07) is 18.3. The van der Waals surface area contributed by atoms with Crippen LogP contribution in [0.25, 0.3) is 16.6 Å². The lowest BCUT2D eigenvalue weighted by atomic mass is 10.1. The lowest BCUT2D eigenvalue weighted by Gasteiger charge is -2.10. The standard InChI is InChI=1S/C24H21FN2OS/c1-15-12-24(26-22-7-5-4-6-20(15)22)29-14-23(28)21-13-16(2)27(17(21)3)19-10-8-18(25)9-11-19/h4-13H,14H2,1-3H3. The van der Waals surface area contributed by atoms with Gasteiger partial charge in [-0.05, 0) is 68.8 Å². The van der Waals surface area contributed by atoms with Crippen LogP contribution in [0.2, 0.25) is 0 Å². The molecule has 0 radical (unpaired) electrons. The number of para-hydroxylation sites is 1. The van der Waals surface area contributed by atoms with E-state index in [1.807, 2.05) is 48.7 Å². The summed E-state index contributed by atoms with van der Waals surface area (Å²) in [6.45, 7) is 5.94. The van der Waals surface area contributed by atoms with Crippen molar-refractivity contribution in [3.63, 3.8) is 0 Å². The largest absolute Gasteiger partial charge is 0.318 e. The highest BCUT2D eigenvalue weighted by molar-refractivity contribution is 7.99. The molecule has 0 N–H and O–H groups in total. The van der Waals surface area contributed by atoms with Gasteiger partial charge in [0.25, 0.3) is 0 Å². The maximum Gasteiger partial charge on any atom is 0.174 e.